The number of hydrogen-bond acceptors (Lipinski definition) is 2. The van der Waals surface area contributed by atoms with Crippen molar-refractivity contribution in [2.24, 2.45) is 5.92 Å². The van der Waals surface area contributed by atoms with Gasteiger partial charge in [-0.15, -0.1) is 0 Å². The van der Waals surface area contributed by atoms with Crippen LogP contribution in [0.25, 0.3) is 0 Å². The van der Waals surface area contributed by atoms with E-state index < -0.39 is 5.92 Å². The van der Waals surface area contributed by atoms with Gasteiger partial charge in [0, 0.05) is 30.5 Å². The van der Waals surface area contributed by atoms with E-state index in [1.807, 2.05) is 0 Å². The van der Waals surface area contributed by atoms with Crippen molar-refractivity contribution in [3.8, 4) is 0 Å². The molecule has 4 heteroatoms. The van der Waals surface area contributed by atoms with Crippen LogP contribution >= 0.6 is 0 Å². The van der Waals surface area contributed by atoms with Crippen molar-refractivity contribution in [2.75, 3.05) is 5.73 Å². The summed E-state index contributed by atoms with van der Waals surface area (Å²) in [5.41, 5.74) is 7.61. The largest absolute Gasteiger partial charge is 0.398 e. The minimum absolute atomic E-state index is 0.0810. The Hall–Kier alpha value is -1.45. The number of nitrogens with two attached hydrogens (primary N) is 1. The van der Waals surface area contributed by atoms with Gasteiger partial charge in [0.05, 0.1) is 0 Å². The molecule has 98 valence electrons. The Morgan fingerprint density at radius 1 is 1.50 bits per heavy atom. The highest BCUT2D eigenvalue weighted by molar-refractivity contribution is 5.98. The van der Waals surface area contributed by atoms with E-state index in [1.54, 1.807) is 25.1 Å². The maximum Gasteiger partial charge on any atom is 0.248 e. The molecule has 0 aromatic heterocycles. The first-order chi connectivity index (χ1) is 8.39. The maximum atomic E-state index is 13.1. The molecule has 0 amide bonds. The van der Waals surface area contributed by atoms with Crippen molar-refractivity contribution < 1.29 is 13.6 Å². The lowest BCUT2D eigenvalue weighted by atomic mass is 9.94. The number of benzene rings is 1. The summed E-state index contributed by atoms with van der Waals surface area (Å²) < 4.78 is 26.1. The van der Waals surface area contributed by atoms with E-state index in [0.29, 0.717) is 17.7 Å². The topological polar surface area (TPSA) is 43.1 Å². The van der Waals surface area contributed by atoms with Gasteiger partial charge in [-0.2, -0.15) is 0 Å². The van der Waals surface area contributed by atoms with Gasteiger partial charge in [0.2, 0.25) is 5.92 Å². The van der Waals surface area contributed by atoms with E-state index in [1.165, 1.54) is 0 Å². The maximum absolute atomic E-state index is 13.1. The van der Waals surface area contributed by atoms with E-state index in [2.05, 4.69) is 0 Å². The minimum atomic E-state index is -2.59. The Morgan fingerprint density at radius 3 is 2.83 bits per heavy atom. The van der Waals surface area contributed by atoms with E-state index in [0.717, 1.165) is 5.56 Å². The predicted molar refractivity (Wildman–Crippen MR) is 66.8 cm³/mol. The number of nitrogen functional groups attached to an aromatic ring is 1. The van der Waals surface area contributed by atoms with Crippen molar-refractivity contribution in [1.82, 2.24) is 0 Å². The van der Waals surface area contributed by atoms with Crippen LogP contribution in [0.2, 0.25) is 0 Å². The third-order valence-electron chi connectivity index (χ3n) is 3.66. The predicted octanol–water partition coefficient (Wildman–Crippen LogP) is 3.59. The number of carbonyl (C=O) groups is 1. The quantitative estimate of drug-likeness (QED) is 0.660. The molecule has 1 fully saturated rings. The van der Waals surface area contributed by atoms with Gasteiger partial charge in [-0.05, 0) is 30.9 Å². The number of halogens is 2. The fourth-order valence-corrected chi connectivity index (χ4v) is 2.54. The molecule has 1 unspecified atom stereocenters. The molecule has 2 nitrogen and oxygen atoms in total. The van der Waals surface area contributed by atoms with Gasteiger partial charge in [0.25, 0.3) is 0 Å². The number of anilines is 1. The van der Waals surface area contributed by atoms with Crippen molar-refractivity contribution in [3.05, 3.63) is 29.3 Å². The molecule has 0 saturated heterocycles. The van der Waals surface area contributed by atoms with Crippen LogP contribution in [-0.2, 0) is 0 Å². The van der Waals surface area contributed by atoms with Gasteiger partial charge >= 0.3 is 0 Å². The number of alkyl halides is 2. The molecule has 0 spiro atoms. The second-order valence-corrected chi connectivity index (χ2v) is 5.11. The fourth-order valence-electron chi connectivity index (χ4n) is 2.54. The molecule has 1 aromatic carbocycles. The van der Waals surface area contributed by atoms with Crippen molar-refractivity contribution in [3.63, 3.8) is 0 Å². The Labute approximate surface area is 105 Å². The van der Waals surface area contributed by atoms with Crippen LogP contribution in [-0.4, -0.2) is 11.7 Å². The first-order valence-corrected chi connectivity index (χ1v) is 6.15. The van der Waals surface area contributed by atoms with Crippen LogP contribution in [0.1, 0.15) is 41.6 Å². The molecule has 1 atom stereocenters. The van der Waals surface area contributed by atoms with Gasteiger partial charge in [0.15, 0.2) is 5.78 Å². The molecule has 1 aromatic rings. The zero-order valence-corrected chi connectivity index (χ0v) is 10.4. The number of Topliss-reactive ketones (excluding diaryl/α,β-unsaturated/α-hetero) is 1. The third-order valence-corrected chi connectivity index (χ3v) is 3.66. The Morgan fingerprint density at radius 2 is 2.22 bits per heavy atom. The van der Waals surface area contributed by atoms with E-state index in [-0.39, 0.29) is 31.0 Å². The molecule has 18 heavy (non-hydrogen) atoms. The van der Waals surface area contributed by atoms with Crippen LogP contribution in [0.5, 0.6) is 0 Å². The fraction of sp³-hybridized carbons (Fsp3) is 0.500. The van der Waals surface area contributed by atoms with Crippen LogP contribution in [0.3, 0.4) is 0 Å². The highest BCUT2D eigenvalue weighted by Crippen LogP contribution is 2.40. The summed E-state index contributed by atoms with van der Waals surface area (Å²) in [6, 6.07) is 5.16. The summed E-state index contributed by atoms with van der Waals surface area (Å²) in [5.74, 6) is -2.87. The first kappa shape index (κ1) is 13.0. The van der Waals surface area contributed by atoms with Crippen LogP contribution in [0, 0.1) is 12.8 Å². The van der Waals surface area contributed by atoms with Crippen molar-refractivity contribution in [2.45, 2.75) is 38.5 Å². The number of ketones is 1. The molecule has 0 bridgehead atoms. The molecule has 2 rings (SSSR count). The van der Waals surface area contributed by atoms with Gasteiger partial charge in [-0.1, -0.05) is 12.1 Å². The molecule has 0 radical (unpaired) electrons. The molecule has 2 N–H and O–H groups in total. The summed E-state index contributed by atoms with van der Waals surface area (Å²) in [6.07, 6.45) is 0.362. The highest BCUT2D eigenvalue weighted by Gasteiger charge is 2.40. The van der Waals surface area contributed by atoms with Crippen LogP contribution < -0.4 is 5.73 Å². The summed E-state index contributed by atoms with van der Waals surface area (Å²) in [4.78, 5) is 12.1. The number of rotatable bonds is 3. The van der Waals surface area contributed by atoms with Gasteiger partial charge in [0.1, 0.15) is 0 Å². The SMILES string of the molecule is Cc1c(N)cccc1C(=O)CC1CCC(F)(F)C1. The smallest absolute Gasteiger partial charge is 0.248 e. The Balaban J connectivity index is 2.07. The van der Waals surface area contributed by atoms with Gasteiger partial charge in [-0.3, -0.25) is 4.79 Å². The van der Waals surface area contributed by atoms with Crippen LogP contribution in [0.15, 0.2) is 18.2 Å². The molecule has 0 heterocycles. The average molecular weight is 253 g/mol. The van der Waals surface area contributed by atoms with Crippen molar-refractivity contribution >= 4 is 11.5 Å². The second-order valence-electron chi connectivity index (χ2n) is 5.11. The monoisotopic (exact) mass is 253 g/mol. The Bertz CT molecular complexity index is 471. The normalized spacial score (nSPS) is 22.1. The molecule has 1 aliphatic rings. The standard InChI is InChI=1S/C14H17F2NO/c1-9-11(3-2-4-12(9)17)13(18)7-10-5-6-14(15,16)8-10/h2-4,10H,5-8,17H2,1H3. The number of hydrogen-bond donors (Lipinski definition) is 1. The zero-order chi connectivity index (χ0) is 13.3. The summed E-state index contributed by atoms with van der Waals surface area (Å²) >= 11 is 0. The summed E-state index contributed by atoms with van der Waals surface area (Å²) in [5, 5.41) is 0. The molecular formula is C14H17F2NO. The lowest BCUT2D eigenvalue weighted by molar-refractivity contribution is 0.00497. The minimum Gasteiger partial charge on any atom is -0.398 e. The average Bonchev–Trinajstić information content (AvgIpc) is 2.62. The summed E-state index contributed by atoms with van der Waals surface area (Å²) in [6.45, 7) is 1.78. The molecule has 0 aliphatic heterocycles. The molecule has 1 saturated carbocycles. The van der Waals surface area contributed by atoms with E-state index in [4.69, 9.17) is 5.73 Å². The molecule has 1 aliphatic carbocycles. The zero-order valence-electron chi connectivity index (χ0n) is 10.4. The first-order valence-electron chi connectivity index (χ1n) is 6.15. The lowest BCUT2D eigenvalue weighted by Crippen LogP contribution is -2.12. The summed E-state index contributed by atoms with van der Waals surface area (Å²) in [7, 11) is 0. The van der Waals surface area contributed by atoms with Gasteiger partial charge < -0.3 is 5.73 Å². The molecular weight excluding hydrogens is 236 g/mol. The van der Waals surface area contributed by atoms with E-state index >= 15 is 0 Å². The van der Waals surface area contributed by atoms with Gasteiger partial charge in [-0.25, -0.2) is 8.78 Å². The van der Waals surface area contributed by atoms with Crippen LogP contribution in [0.4, 0.5) is 14.5 Å². The Kier molecular flexibility index (Phi) is 3.37. The lowest BCUT2D eigenvalue weighted by Gasteiger charge is -2.11. The third kappa shape index (κ3) is 2.68. The highest BCUT2D eigenvalue weighted by atomic mass is 19.3. The number of carbonyl (C=O) groups excluding carboxylic acids is 1. The van der Waals surface area contributed by atoms with Crippen molar-refractivity contribution in [1.29, 1.82) is 0 Å². The van der Waals surface area contributed by atoms with E-state index in [9.17, 15) is 13.6 Å². The second kappa shape index (κ2) is 4.67.